The molecule has 0 heterocycles. The Balaban J connectivity index is 3.11. The van der Waals surface area contributed by atoms with E-state index in [4.69, 9.17) is 0 Å². The van der Waals surface area contributed by atoms with Crippen LogP contribution in [0.2, 0.25) is 0 Å². The summed E-state index contributed by atoms with van der Waals surface area (Å²) < 4.78 is 0. The Morgan fingerprint density at radius 1 is 0.591 bits per heavy atom. The molecule has 1 unspecified atom stereocenters. The molecule has 0 aliphatic rings. The van der Waals surface area contributed by atoms with Crippen LogP contribution in [0.15, 0.2) is 0 Å². The molecule has 22 heavy (non-hydrogen) atoms. The molecule has 0 radical (unpaired) electrons. The average Bonchev–Trinajstić information content (AvgIpc) is 2.52. The molecule has 134 valence electrons. The number of nitrogens with one attached hydrogen (secondary N) is 1. The third-order valence-corrected chi connectivity index (χ3v) is 4.49. The van der Waals surface area contributed by atoms with Crippen LogP contribution in [0.5, 0.6) is 0 Å². The second kappa shape index (κ2) is 19.0. The first-order valence-corrected chi connectivity index (χ1v) is 10.2. The van der Waals surface area contributed by atoms with E-state index >= 15 is 0 Å². The van der Waals surface area contributed by atoms with Gasteiger partial charge in [-0.1, -0.05) is 97.3 Å². The standard InChI is InChI=1S/C20H43NO/c1-3-5-7-9-11-12-13-14-16-18-20(22)21-19-17-15-10-8-6-4-2/h20-22H,3-19H2,1-2H3. The number of aliphatic hydroxyl groups is 1. The summed E-state index contributed by atoms with van der Waals surface area (Å²) in [5, 5.41) is 13.1. The van der Waals surface area contributed by atoms with Gasteiger partial charge >= 0.3 is 0 Å². The van der Waals surface area contributed by atoms with Gasteiger partial charge in [-0.25, -0.2) is 0 Å². The van der Waals surface area contributed by atoms with Crippen molar-refractivity contribution in [3.05, 3.63) is 0 Å². The second-order valence-electron chi connectivity index (χ2n) is 6.85. The highest BCUT2D eigenvalue weighted by Gasteiger charge is 2.02. The van der Waals surface area contributed by atoms with Gasteiger partial charge in [0, 0.05) is 0 Å². The van der Waals surface area contributed by atoms with Crippen LogP contribution in [0.1, 0.15) is 117 Å². The van der Waals surface area contributed by atoms with Crippen LogP contribution < -0.4 is 5.32 Å². The largest absolute Gasteiger partial charge is 0.379 e. The lowest BCUT2D eigenvalue weighted by Crippen LogP contribution is -2.29. The zero-order chi connectivity index (χ0) is 16.3. The molecule has 0 amide bonds. The van der Waals surface area contributed by atoms with Crippen molar-refractivity contribution in [2.75, 3.05) is 6.54 Å². The lowest BCUT2D eigenvalue weighted by atomic mass is 10.1. The lowest BCUT2D eigenvalue weighted by molar-refractivity contribution is 0.124. The van der Waals surface area contributed by atoms with E-state index in [1.165, 1.54) is 96.3 Å². The number of hydrogen-bond acceptors (Lipinski definition) is 2. The van der Waals surface area contributed by atoms with Crippen LogP contribution in [0.4, 0.5) is 0 Å². The molecule has 0 bridgehead atoms. The fraction of sp³-hybridized carbons (Fsp3) is 1.00. The summed E-state index contributed by atoms with van der Waals surface area (Å²) in [7, 11) is 0. The summed E-state index contributed by atoms with van der Waals surface area (Å²) >= 11 is 0. The molecule has 2 nitrogen and oxygen atoms in total. The maximum absolute atomic E-state index is 9.88. The Labute approximate surface area is 140 Å². The Kier molecular flexibility index (Phi) is 18.9. The molecule has 2 heteroatoms. The highest BCUT2D eigenvalue weighted by molar-refractivity contribution is 4.56. The fourth-order valence-corrected chi connectivity index (χ4v) is 2.92. The normalized spacial score (nSPS) is 12.7. The van der Waals surface area contributed by atoms with E-state index in [1.54, 1.807) is 0 Å². The molecular formula is C20H43NO. The van der Waals surface area contributed by atoms with Gasteiger partial charge in [0.05, 0.1) is 0 Å². The van der Waals surface area contributed by atoms with E-state index in [1.807, 2.05) is 0 Å². The summed E-state index contributed by atoms with van der Waals surface area (Å²) in [6.07, 6.45) is 20.7. The van der Waals surface area contributed by atoms with Crippen LogP contribution >= 0.6 is 0 Å². The summed E-state index contributed by atoms with van der Waals surface area (Å²) in [5.41, 5.74) is 0. The van der Waals surface area contributed by atoms with E-state index in [-0.39, 0.29) is 6.23 Å². The van der Waals surface area contributed by atoms with Gasteiger partial charge in [-0.05, 0) is 25.8 Å². The number of hydrogen-bond donors (Lipinski definition) is 2. The van der Waals surface area contributed by atoms with Crippen molar-refractivity contribution in [2.24, 2.45) is 0 Å². The summed E-state index contributed by atoms with van der Waals surface area (Å²) in [4.78, 5) is 0. The number of unbranched alkanes of at least 4 members (excludes halogenated alkanes) is 13. The summed E-state index contributed by atoms with van der Waals surface area (Å²) in [6, 6.07) is 0. The first kappa shape index (κ1) is 21.9. The quantitative estimate of drug-likeness (QED) is 0.234. The molecule has 0 aromatic rings. The van der Waals surface area contributed by atoms with Gasteiger partial charge in [-0.15, -0.1) is 0 Å². The molecule has 0 spiro atoms. The smallest absolute Gasteiger partial charge is 0.104 e. The molecule has 0 aromatic heterocycles. The Morgan fingerprint density at radius 2 is 1.00 bits per heavy atom. The predicted octanol–water partition coefficient (Wildman–Crippen LogP) is 6.18. The highest BCUT2D eigenvalue weighted by atomic mass is 16.3. The molecule has 1 atom stereocenters. The van der Waals surface area contributed by atoms with Gasteiger partial charge in [0.1, 0.15) is 6.23 Å². The van der Waals surface area contributed by atoms with Gasteiger partial charge < -0.3 is 5.11 Å². The van der Waals surface area contributed by atoms with Gasteiger partial charge in [-0.2, -0.15) is 0 Å². The van der Waals surface area contributed by atoms with E-state index in [9.17, 15) is 5.11 Å². The van der Waals surface area contributed by atoms with E-state index < -0.39 is 0 Å². The van der Waals surface area contributed by atoms with Crippen molar-refractivity contribution in [2.45, 2.75) is 123 Å². The molecule has 0 rings (SSSR count). The van der Waals surface area contributed by atoms with Crippen LogP contribution in [0.25, 0.3) is 0 Å². The number of rotatable bonds is 18. The summed E-state index contributed by atoms with van der Waals surface area (Å²) in [5.74, 6) is 0. The van der Waals surface area contributed by atoms with E-state index in [2.05, 4.69) is 19.2 Å². The zero-order valence-electron chi connectivity index (χ0n) is 15.5. The van der Waals surface area contributed by atoms with Crippen LogP contribution in [0, 0.1) is 0 Å². The van der Waals surface area contributed by atoms with Crippen molar-refractivity contribution >= 4 is 0 Å². The lowest BCUT2D eigenvalue weighted by Gasteiger charge is -2.12. The van der Waals surface area contributed by atoms with E-state index in [0.29, 0.717) is 0 Å². The predicted molar refractivity (Wildman–Crippen MR) is 99.2 cm³/mol. The topological polar surface area (TPSA) is 32.3 Å². The van der Waals surface area contributed by atoms with Crippen molar-refractivity contribution in [1.29, 1.82) is 0 Å². The molecule has 0 fully saturated rings. The SMILES string of the molecule is CCCCCCCCCCCC(O)NCCCCCCCC. The maximum Gasteiger partial charge on any atom is 0.104 e. The average molecular weight is 314 g/mol. The van der Waals surface area contributed by atoms with Crippen LogP contribution in [-0.4, -0.2) is 17.9 Å². The molecule has 0 saturated carbocycles. The zero-order valence-corrected chi connectivity index (χ0v) is 15.5. The Hall–Kier alpha value is -0.0800. The van der Waals surface area contributed by atoms with Crippen molar-refractivity contribution in [3.63, 3.8) is 0 Å². The van der Waals surface area contributed by atoms with Gasteiger partial charge in [0.15, 0.2) is 0 Å². The van der Waals surface area contributed by atoms with Crippen molar-refractivity contribution < 1.29 is 5.11 Å². The Bertz CT molecular complexity index is 196. The molecule has 2 N–H and O–H groups in total. The monoisotopic (exact) mass is 313 g/mol. The van der Waals surface area contributed by atoms with Crippen molar-refractivity contribution in [3.8, 4) is 0 Å². The minimum Gasteiger partial charge on any atom is -0.379 e. The minimum atomic E-state index is -0.278. The summed E-state index contributed by atoms with van der Waals surface area (Å²) in [6.45, 7) is 5.50. The maximum atomic E-state index is 9.88. The van der Waals surface area contributed by atoms with Crippen molar-refractivity contribution in [1.82, 2.24) is 5.32 Å². The fourth-order valence-electron chi connectivity index (χ4n) is 2.92. The molecule has 0 saturated heterocycles. The van der Waals surface area contributed by atoms with Gasteiger partial charge in [0.25, 0.3) is 0 Å². The molecule has 0 aliphatic carbocycles. The molecule has 0 aliphatic heterocycles. The first-order chi connectivity index (χ1) is 10.8. The Morgan fingerprint density at radius 3 is 1.50 bits per heavy atom. The highest BCUT2D eigenvalue weighted by Crippen LogP contribution is 2.11. The number of aliphatic hydroxyl groups excluding tert-OH is 1. The third-order valence-electron chi connectivity index (χ3n) is 4.49. The van der Waals surface area contributed by atoms with Gasteiger partial charge in [-0.3, -0.25) is 5.32 Å². The van der Waals surface area contributed by atoms with Gasteiger partial charge in [0.2, 0.25) is 0 Å². The second-order valence-corrected chi connectivity index (χ2v) is 6.85. The third kappa shape index (κ3) is 18.0. The van der Waals surface area contributed by atoms with Crippen LogP contribution in [-0.2, 0) is 0 Å². The van der Waals surface area contributed by atoms with E-state index in [0.717, 1.165) is 13.0 Å². The first-order valence-electron chi connectivity index (χ1n) is 10.2. The molecule has 0 aromatic carbocycles. The van der Waals surface area contributed by atoms with Crippen LogP contribution in [0.3, 0.4) is 0 Å². The molecular weight excluding hydrogens is 270 g/mol. The minimum absolute atomic E-state index is 0.278.